The first-order chi connectivity index (χ1) is 16.3. The molecule has 1 aliphatic rings. The summed E-state index contributed by atoms with van der Waals surface area (Å²) in [7, 11) is -3.83. The van der Waals surface area contributed by atoms with Crippen LogP contribution in [0.1, 0.15) is 34.3 Å². The molecule has 0 radical (unpaired) electrons. The van der Waals surface area contributed by atoms with E-state index in [4.69, 9.17) is 0 Å². The van der Waals surface area contributed by atoms with Gasteiger partial charge in [-0.05, 0) is 66.4 Å². The van der Waals surface area contributed by atoms with Crippen LogP contribution < -0.4 is 15.4 Å². The van der Waals surface area contributed by atoms with Gasteiger partial charge in [0.15, 0.2) is 0 Å². The van der Waals surface area contributed by atoms with Crippen molar-refractivity contribution >= 4 is 27.5 Å². The first-order valence-corrected chi connectivity index (χ1v) is 12.3. The van der Waals surface area contributed by atoms with Gasteiger partial charge in [-0.1, -0.05) is 30.3 Å². The highest BCUT2D eigenvalue weighted by molar-refractivity contribution is 7.89. The van der Waals surface area contributed by atoms with Gasteiger partial charge in [0.05, 0.1) is 4.90 Å². The van der Waals surface area contributed by atoms with Crippen LogP contribution in [0.25, 0.3) is 0 Å². The van der Waals surface area contributed by atoms with Crippen molar-refractivity contribution in [3.63, 3.8) is 0 Å². The molecule has 1 saturated carbocycles. The molecule has 3 aromatic rings. The van der Waals surface area contributed by atoms with Crippen molar-refractivity contribution in [3.05, 3.63) is 95.3 Å². The number of nitrogens with one attached hydrogen (secondary N) is 3. The fourth-order valence-electron chi connectivity index (χ4n) is 3.34. The summed E-state index contributed by atoms with van der Waals surface area (Å²) in [6.45, 7) is 0.0689. The van der Waals surface area contributed by atoms with Crippen LogP contribution in [0.2, 0.25) is 0 Å². The van der Waals surface area contributed by atoms with E-state index in [1.165, 1.54) is 30.3 Å². The number of benzene rings is 3. The highest BCUT2D eigenvalue weighted by atomic mass is 32.2. The Hall–Kier alpha value is -3.56. The van der Waals surface area contributed by atoms with E-state index in [0.717, 1.165) is 12.8 Å². The maximum absolute atomic E-state index is 13.3. The van der Waals surface area contributed by atoms with E-state index < -0.39 is 15.8 Å². The van der Waals surface area contributed by atoms with E-state index in [-0.39, 0.29) is 35.7 Å². The van der Waals surface area contributed by atoms with Crippen LogP contribution in [0.3, 0.4) is 0 Å². The molecule has 7 nitrogen and oxygen atoms in total. The molecule has 0 spiro atoms. The van der Waals surface area contributed by atoms with Crippen molar-refractivity contribution in [2.45, 2.75) is 30.8 Å². The fourth-order valence-corrected chi connectivity index (χ4v) is 4.43. The molecule has 1 aliphatic carbocycles. The van der Waals surface area contributed by atoms with E-state index >= 15 is 0 Å². The van der Waals surface area contributed by atoms with Crippen molar-refractivity contribution in [3.8, 4) is 0 Å². The maximum atomic E-state index is 13.3. The molecule has 3 aromatic carbocycles. The second-order valence-electron chi connectivity index (χ2n) is 8.13. The van der Waals surface area contributed by atoms with Crippen molar-refractivity contribution in [1.29, 1.82) is 0 Å². The fraction of sp³-hybridized carbons (Fsp3) is 0.200. The van der Waals surface area contributed by atoms with Gasteiger partial charge in [-0.3, -0.25) is 9.59 Å². The monoisotopic (exact) mass is 481 g/mol. The van der Waals surface area contributed by atoms with Crippen LogP contribution in [-0.2, 0) is 27.9 Å². The molecule has 176 valence electrons. The normalized spacial score (nSPS) is 13.3. The number of hydrogen-bond acceptors (Lipinski definition) is 4. The average molecular weight is 482 g/mol. The lowest BCUT2D eigenvalue weighted by Gasteiger charge is -2.10. The molecular weight excluding hydrogens is 457 g/mol. The van der Waals surface area contributed by atoms with Crippen molar-refractivity contribution in [2.75, 3.05) is 5.32 Å². The molecule has 0 atom stereocenters. The molecule has 3 N–H and O–H groups in total. The topological polar surface area (TPSA) is 104 Å². The van der Waals surface area contributed by atoms with Gasteiger partial charge in [0.1, 0.15) is 5.82 Å². The molecule has 9 heteroatoms. The number of hydrogen-bond donors (Lipinski definition) is 3. The molecule has 4 rings (SSSR count). The first kappa shape index (κ1) is 23.6. The highest BCUT2D eigenvalue weighted by Gasteiger charge is 2.29. The molecule has 2 amide bonds. The maximum Gasteiger partial charge on any atom is 0.251 e. The summed E-state index contributed by atoms with van der Waals surface area (Å²) in [6.07, 6.45) is 1.78. The summed E-state index contributed by atoms with van der Waals surface area (Å²) >= 11 is 0. The molecule has 1 fully saturated rings. The zero-order valence-electron chi connectivity index (χ0n) is 18.3. The van der Waals surface area contributed by atoms with Gasteiger partial charge in [0.25, 0.3) is 5.91 Å². The Kier molecular flexibility index (Phi) is 7.04. The van der Waals surface area contributed by atoms with Gasteiger partial charge in [-0.25, -0.2) is 17.5 Å². The van der Waals surface area contributed by atoms with Crippen LogP contribution in [0, 0.1) is 11.7 Å². The third kappa shape index (κ3) is 6.27. The summed E-state index contributed by atoms with van der Waals surface area (Å²) in [5.74, 6) is -0.767. The number of amides is 2. The molecule has 0 saturated heterocycles. The van der Waals surface area contributed by atoms with Gasteiger partial charge in [-0.15, -0.1) is 0 Å². The number of carbonyl (C=O) groups excluding carboxylic acids is 2. The summed E-state index contributed by atoms with van der Waals surface area (Å²) < 4.78 is 41.1. The van der Waals surface area contributed by atoms with E-state index in [2.05, 4.69) is 15.4 Å². The molecule has 34 heavy (non-hydrogen) atoms. The van der Waals surface area contributed by atoms with Crippen LogP contribution in [0.4, 0.5) is 10.1 Å². The van der Waals surface area contributed by atoms with E-state index in [0.29, 0.717) is 22.4 Å². The highest BCUT2D eigenvalue weighted by Crippen LogP contribution is 2.30. The molecular formula is C25H24FN3O4S. The minimum atomic E-state index is -3.83. The largest absolute Gasteiger partial charge is 0.348 e. The van der Waals surface area contributed by atoms with Gasteiger partial charge >= 0.3 is 0 Å². The smallest absolute Gasteiger partial charge is 0.251 e. The predicted molar refractivity (Wildman–Crippen MR) is 126 cm³/mol. The zero-order valence-corrected chi connectivity index (χ0v) is 19.1. The molecule has 0 aliphatic heterocycles. The van der Waals surface area contributed by atoms with E-state index in [1.54, 1.807) is 42.5 Å². The number of carbonyl (C=O) groups is 2. The van der Waals surface area contributed by atoms with Gasteiger partial charge in [0.2, 0.25) is 15.9 Å². The molecule has 0 unspecified atom stereocenters. The molecule has 0 heterocycles. The quantitative estimate of drug-likeness (QED) is 0.435. The zero-order chi connectivity index (χ0) is 24.1. The van der Waals surface area contributed by atoms with Crippen molar-refractivity contribution in [1.82, 2.24) is 10.0 Å². The van der Waals surface area contributed by atoms with E-state index in [9.17, 15) is 22.4 Å². The Bertz CT molecular complexity index is 1320. The molecule has 0 aromatic heterocycles. The van der Waals surface area contributed by atoms with Crippen molar-refractivity contribution in [2.24, 2.45) is 5.92 Å². The minimum absolute atomic E-state index is 0.0402. The number of sulfonamides is 1. The van der Waals surface area contributed by atoms with Crippen LogP contribution in [-0.4, -0.2) is 20.2 Å². The van der Waals surface area contributed by atoms with Gasteiger partial charge < -0.3 is 10.6 Å². The Morgan fingerprint density at radius 3 is 2.32 bits per heavy atom. The van der Waals surface area contributed by atoms with Crippen LogP contribution in [0.15, 0.2) is 77.7 Å². The van der Waals surface area contributed by atoms with Gasteiger partial charge in [0, 0.05) is 30.3 Å². The van der Waals surface area contributed by atoms with Gasteiger partial charge in [-0.2, -0.15) is 0 Å². The third-order valence-electron chi connectivity index (χ3n) is 5.36. The number of rotatable bonds is 9. The lowest BCUT2D eigenvalue weighted by molar-refractivity contribution is -0.117. The second-order valence-corrected chi connectivity index (χ2v) is 9.90. The Labute approximate surface area is 197 Å². The SMILES string of the molecule is O=C(NCc1cccc(S(=O)(=O)NCc2cccc(F)c2)c1)c1cccc(NC(=O)C2CC2)c1. The number of halogens is 1. The van der Waals surface area contributed by atoms with Crippen LogP contribution in [0.5, 0.6) is 0 Å². The standard InChI is InChI=1S/C25H24FN3O4S/c26-21-7-1-4-17(12-21)16-28-34(32,33)23-9-2-5-18(13-23)15-27-24(30)20-6-3-8-22(14-20)29-25(31)19-10-11-19/h1-9,12-14,19,28H,10-11,15-16H2,(H,27,30)(H,29,31). The third-order valence-corrected chi connectivity index (χ3v) is 6.76. The van der Waals surface area contributed by atoms with Crippen molar-refractivity contribution < 1.29 is 22.4 Å². The summed E-state index contributed by atoms with van der Waals surface area (Å²) in [6, 6.07) is 18.6. The second kappa shape index (κ2) is 10.1. The first-order valence-electron chi connectivity index (χ1n) is 10.8. The Morgan fingerprint density at radius 2 is 1.59 bits per heavy atom. The Balaban J connectivity index is 1.36. The minimum Gasteiger partial charge on any atom is -0.348 e. The average Bonchev–Trinajstić information content (AvgIpc) is 3.68. The van der Waals surface area contributed by atoms with Crippen LogP contribution >= 0.6 is 0 Å². The number of anilines is 1. The lowest BCUT2D eigenvalue weighted by atomic mass is 10.1. The Morgan fingerprint density at radius 1 is 0.882 bits per heavy atom. The summed E-state index contributed by atoms with van der Waals surface area (Å²) in [5, 5.41) is 5.58. The summed E-state index contributed by atoms with van der Waals surface area (Å²) in [5.41, 5.74) is 2.04. The molecule has 0 bridgehead atoms. The lowest BCUT2D eigenvalue weighted by Crippen LogP contribution is -2.25. The predicted octanol–water partition coefficient (Wildman–Crippen LogP) is 3.58. The van der Waals surface area contributed by atoms with E-state index in [1.807, 2.05) is 0 Å². The summed E-state index contributed by atoms with van der Waals surface area (Å²) in [4.78, 5) is 24.6.